The van der Waals surface area contributed by atoms with Gasteiger partial charge in [0.15, 0.2) is 0 Å². The van der Waals surface area contributed by atoms with Crippen LogP contribution in [0, 0.1) is 5.92 Å². The number of carbonyl (C=O) groups excluding carboxylic acids is 1. The van der Waals surface area contributed by atoms with E-state index in [9.17, 15) is 9.90 Å². The molecular weight excluding hydrogens is 130 g/mol. The molecule has 0 saturated heterocycles. The largest absolute Gasteiger partial charge is 0.380 e. The molecule has 1 saturated carbocycles. The normalized spacial score (nSPS) is 40.0. The van der Waals surface area contributed by atoms with Crippen molar-refractivity contribution in [2.45, 2.75) is 31.8 Å². The van der Waals surface area contributed by atoms with E-state index >= 15 is 0 Å². The Balaban J connectivity index is 2.75. The zero-order chi connectivity index (χ0) is 7.78. The third-order valence-electron chi connectivity index (χ3n) is 2.44. The first kappa shape index (κ1) is 7.54. The van der Waals surface area contributed by atoms with Crippen LogP contribution in [-0.2, 0) is 4.79 Å². The highest BCUT2D eigenvalue weighted by Gasteiger charge is 2.43. The fourth-order valence-corrected chi connectivity index (χ4v) is 1.53. The van der Waals surface area contributed by atoms with Crippen LogP contribution < -0.4 is 5.73 Å². The van der Waals surface area contributed by atoms with Gasteiger partial charge in [-0.2, -0.15) is 0 Å². The minimum atomic E-state index is -1.21. The quantitative estimate of drug-likeness (QED) is 0.543. The summed E-state index contributed by atoms with van der Waals surface area (Å²) in [5.41, 5.74) is 3.83. The molecule has 0 heterocycles. The number of amides is 1. The highest BCUT2D eigenvalue weighted by atomic mass is 16.3. The molecule has 0 aromatic carbocycles. The van der Waals surface area contributed by atoms with Gasteiger partial charge in [0, 0.05) is 0 Å². The summed E-state index contributed by atoms with van der Waals surface area (Å²) in [6, 6.07) is 0. The average Bonchev–Trinajstić information content (AvgIpc) is 2.15. The minimum Gasteiger partial charge on any atom is -0.380 e. The lowest BCUT2D eigenvalue weighted by atomic mass is 9.92. The number of hydrogen-bond acceptors (Lipinski definition) is 2. The molecule has 2 unspecified atom stereocenters. The number of rotatable bonds is 1. The third kappa shape index (κ3) is 0.904. The van der Waals surface area contributed by atoms with E-state index in [0.717, 1.165) is 12.8 Å². The predicted molar refractivity (Wildman–Crippen MR) is 37.2 cm³/mol. The molecule has 0 spiro atoms. The first-order chi connectivity index (χ1) is 4.57. The van der Waals surface area contributed by atoms with Crippen molar-refractivity contribution in [2.75, 3.05) is 0 Å². The van der Waals surface area contributed by atoms with Crippen LogP contribution >= 0.6 is 0 Å². The van der Waals surface area contributed by atoms with Gasteiger partial charge in [-0.15, -0.1) is 0 Å². The van der Waals surface area contributed by atoms with Crippen molar-refractivity contribution in [3.8, 4) is 0 Å². The van der Waals surface area contributed by atoms with Crippen molar-refractivity contribution >= 4 is 5.91 Å². The monoisotopic (exact) mass is 143 g/mol. The van der Waals surface area contributed by atoms with E-state index < -0.39 is 11.5 Å². The molecule has 0 aliphatic heterocycles. The Morgan fingerprint density at radius 3 is 2.60 bits per heavy atom. The molecule has 0 bridgehead atoms. The van der Waals surface area contributed by atoms with Crippen LogP contribution in [-0.4, -0.2) is 16.6 Å². The highest BCUT2D eigenvalue weighted by Crippen LogP contribution is 2.34. The molecule has 0 aromatic heterocycles. The molecule has 3 nitrogen and oxygen atoms in total. The lowest BCUT2D eigenvalue weighted by Gasteiger charge is -2.22. The summed E-state index contributed by atoms with van der Waals surface area (Å²) in [6.07, 6.45) is 2.34. The van der Waals surface area contributed by atoms with Crippen LogP contribution in [0.2, 0.25) is 0 Å². The Hall–Kier alpha value is -0.570. The number of nitrogens with two attached hydrogens (primary N) is 1. The lowest BCUT2D eigenvalue weighted by Crippen LogP contribution is -2.45. The van der Waals surface area contributed by atoms with Gasteiger partial charge in [0.05, 0.1) is 0 Å². The maximum Gasteiger partial charge on any atom is 0.249 e. The molecule has 0 radical (unpaired) electrons. The first-order valence-corrected chi connectivity index (χ1v) is 3.59. The molecule has 1 aliphatic rings. The van der Waals surface area contributed by atoms with Crippen LogP contribution in [0.5, 0.6) is 0 Å². The van der Waals surface area contributed by atoms with Gasteiger partial charge in [0.2, 0.25) is 5.91 Å². The van der Waals surface area contributed by atoms with E-state index in [4.69, 9.17) is 5.73 Å². The second-order valence-electron chi connectivity index (χ2n) is 3.08. The topological polar surface area (TPSA) is 63.3 Å². The van der Waals surface area contributed by atoms with Gasteiger partial charge < -0.3 is 10.8 Å². The van der Waals surface area contributed by atoms with E-state index in [2.05, 4.69) is 0 Å². The molecule has 1 amide bonds. The Morgan fingerprint density at radius 2 is 2.40 bits per heavy atom. The molecule has 0 aromatic rings. The zero-order valence-corrected chi connectivity index (χ0v) is 6.13. The smallest absolute Gasteiger partial charge is 0.249 e. The summed E-state index contributed by atoms with van der Waals surface area (Å²) in [5.74, 6) is -0.539. The Kier molecular flexibility index (Phi) is 1.68. The van der Waals surface area contributed by atoms with Gasteiger partial charge in [-0.05, 0) is 25.2 Å². The molecule has 58 valence electrons. The maximum atomic E-state index is 10.7. The van der Waals surface area contributed by atoms with Crippen molar-refractivity contribution in [1.82, 2.24) is 0 Å². The molecule has 1 rings (SSSR count). The predicted octanol–water partition coefficient (Wildman–Crippen LogP) is 0.0228. The maximum absolute atomic E-state index is 10.7. The number of carbonyl (C=O) groups is 1. The summed E-state index contributed by atoms with van der Waals surface area (Å²) >= 11 is 0. The van der Waals surface area contributed by atoms with E-state index in [1.54, 1.807) is 0 Å². The fraction of sp³-hybridized carbons (Fsp3) is 0.857. The third-order valence-corrected chi connectivity index (χ3v) is 2.44. The van der Waals surface area contributed by atoms with E-state index in [0.29, 0.717) is 6.42 Å². The van der Waals surface area contributed by atoms with Crippen LogP contribution in [0.4, 0.5) is 0 Å². The highest BCUT2D eigenvalue weighted by molar-refractivity contribution is 5.83. The van der Waals surface area contributed by atoms with E-state index in [1.807, 2.05) is 6.92 Å². The van der Waals surface area contributed by atoms with E-state index in [-0.39, 0.29) is 5.92 Å². The van der Waals surface area contributed by atoms with Crippen LogP contribution in [0.25, 0.3) is 0 Å². The molecule has 10 heavy (non-hydrogen) atoms. The Morgan fingerprint density at radius 1 is 1.80 bits per heavy atom. The Labute approximate surface area is 60.2 Å². The summed E-state index contributed by atoms with van der Waals surface area (Å²) in [6.45, 7) is 1.86. The first-order valence-electron chi connectivity index (χ1n) is 3.59. The van der Waals surface area contributed by atoms with Crippen molar-refractivity contribution in [3.05, 3.63) is 0 Å². The number of primary amides is 1. The van der Waals surface area contributed by atoms with Gasteiger partial charge in [0.1, 0.15) is 5.60 Å². The standard InChI is InChI=1S/C7H13NO2/c1-5-3-2-4-7(5,10)6(8)9/h5,10H,2-4H2,1H3,(H2,8,9). The van der Waals surface area contributed by atoms with Gasteiger partial charge in [0.25, 0.3) is 0 Å². The summed E-state index contributed by atoms with van der Waals surface area (Å²) in [4.78, 5) is 10.7. The molecule has 3 N–H and O–H groups in total. The summed E-state index contributed by atoms with van der Waals surface area (Å²) in [7, 11) is 0. The van der Waals surface area contributed by atoms with Gasteiger partial charge >= 0.3 is 0 Å². The van der Waals surface area contributed by atoms with Crippen LogP contribution in [0.3, 0.4) is 0 Å². The molecule has 2 atom stereocenters. The minimum absolute atomic E-state index is 0.0324. The average molecular weight is 143 g/mol. The Bertz CT molecular complexity index is 158. The number of hydrogen-bond donors (Lipinski definition) is 2. The molecule has 1 aliphatic carbocycles. The van der Waals surface area contributed by atoms with Gasteiger partial charge in [-0.25, -0.2) is 0 Å². The second-order valence-corrected chi connectivity index (χ2v) is 3.08. The van der Waals surface area contributed by atoms with Crippen molar-refractivity contribution in [3.63, 3.8) is 0 Å². The van der Waals surface area contributed by atoms with Crippen molar-refractivity contribution in [1.29, 1.82) is 0 Å². The van der Waals surface area contributed by atoms with E-state index in [1.165, 1.54) is 0 Å². The molecular formula is C7H13NO2. The SMILES string of the molecule is CC1CCCC1(O)C(N)=O. The van der Waals surface area contributed by atoms with Gasteiger partial charge in [-0.3, -0.25) is 4.79 Å². The fourth-order valence-electron chi connectivity index (χ4n) is 1.53. The number of aliphatic hydroxyl groups is 1. The van der Waals surface area contributed by atoms with Gasteiger partial charge in [-0.1, -0.05) is 6.92 Å². The van der Waals surface area contributed by atoms with Crippen molar-refractivity contribution in [2.24, 2.45) is 11.7 Å². The second kappa shape index (κ2) is 2.23. The van der Waals surface area contributed by atoms with Crippen LogP contribution in [0.15, 0.2) is 0 Å². The summed E-state index contributed by atoms with van der Waals surface area (Å²) < 4.78 is 0. The molecule has 1 fully saturated rings. The lowest BCUT2D eigenvalue weighted by molar-refractivity contribution is -0.139. The molecule has 3 heteroatoms. The van der Waals surface area contributed by atoms with Crippen LogP contribution in [0.1, 0.15) is 26.2 Å². The van der Waals surface area contributed by atoms with Crippen molar-refractivity contribution < 1.29 is 9.90 Å². The zero-order valence-electron chi connectivity index (χ0n) is 6.13. The summed E-state index contributed by atoms with van der Waals surface area (Å²) in [5, 5.41) is 9.56.